The van der Waals surface area contributed by atoms with Crippen molar-refractivity contribution in [2.24, 2.45) is 5.41 Å². The van der Waals surface area contributed by atoms with Crippen LogP contribution in [0.1, 0.15) is 31.4 Å². The summed E-state index contributed by atoms with van der Waals surface area (Å²) in [6, 6.07) is 12.3. The maximum absolute atomic E-state index is 14.7. The van der Waals surface area contributed by atoms with Crippen LogP contribution in [0.2, 0.25) is 0 Å². The molecule has 38 heavy (non-hydrogen) atoms. The van der Waals surface area contributed by atoms with E-state index in [2.05, 4.69) is 0 Å². The van der Waals surface area contributed by atoms with E-state index in [9.17, 15) is 35.9 Å². The van der Waals surface area contributed by atoms with Crippen LogP contribution in [0.3, 0.4) is 0 Å². The number of halogens is 4. The van der Waals surface area contributed by atoms with Crippen LogP contribution in [0.5, 0.6) is 5.75 Å². The summed E-state index contributed by atoms with van der Waals surface area (Å²) >= 11 is 0. The third-order valence-electron chi connectivity index (χ3n) is 6.39. The molecule has 0 saturated heterocycles. The summed E-state index contributed by atoms with van der Waals surface area (Å²) in [4.78, 5) is 11.6. The number of nitrogens with zero attached hydrogens (tertiary/aromatic N) is 1. The van der Waals surface area contributed by atoms with Crippen LogP contribution in [0, 0.1) is 18.2 Å². The van der Waals surface area contributed by atoms with Crippen molar-refractivity contribution < 1.29 is 40.6 Å². The van der Waals surface area contributed by atoms with E-state index < -0.39 is 50.6 Å². The first-order valence-corrected chi connectivity index (χ1v) is 13.0. The van der Waals surface area contributed by atoms with Crippen molar-refractivity contribution in [1.29, 1.82) is 0 Å². The van der Waals surface area contributed by atoms with Crippen molar-refractivity contribution in [3.63, 3.8) is 0 Å². The highest BCUT2D eigenvalue weighted by Crippen LogP contribution is 2.44. The summed E-state index contributed by atoms with van der Waals surface area (Å²) in [5, 5.41) is 9.57. The SMILES string of the molecule is Cc1cccc(S(=O)(=O)N2C[C@H](CC(C)(C)C(=O)O)Oc3ccc(-c4c(F)cccc4C(F)(F)F)cc32)c1. The second kappa shape index (κ2) is 9.61. The minimum atomic E-state index is -4.86. The lowest BCUT2D eigenvalue weighted by Gasteiger charge is -2.38. The van der Waals surface area contributed by atoms with Gasteiger partial charge in [0.25, 0.3) is 10.0 Å². The van der Waals surface area contributed by atoms with Crippen molar-refractivity contribution >= 4 is 21.7 Å². The molecule has 1 aliphatic rings. The lowest BCUT2D eigenvalue weighted by atomic mass is 9.86. The number of rotatable bonds is 6. The quantitative estimate of drug-likeness (QED) is 0.365. The fourth-order valence-corrected chi connectivity index (χ4v) is 6.02. The van der Waals surface area contributed by atoms with E-state index in [4.69, 9.17) is 4.74 Å². The molecule has 1 heterocycles. The van der Waals surface area contributed by atoms with Crippen LogP contribution >= 0.6 is 0 Å². The minimum Gasteiger partial charge on any atom is -0.486 e. The monoisotopic (exact) mass is 551 g/mol. The molecule has 0 spiro atoms. The number of carboxylic acids is 1. The molecule has 3 aromatic carbocycles. The molecule has 1 aliphatic heterocycles. The summed E-state index contributed by atoms with van der Waals surface area (Å²) < 4.78 is 90.4. The van der Waals surface area contributed by atoms with Gasteiger partial charge in [0.15, 0.2) is 0 Å². The van der Waals surface area contributed by atoms with Gasteiger partial charge in [0, 0.05) is 12.0 Å². The molecule has 1 atom stereocenters. The van der Waals surface area contributed by atoms with Crippen molar-refractivity contribution in [3.05, 3.63) is 77.6 Å². The second-order valence-corrected chi connectivity index (χ2v) is 11.7. The van der Waals surface area contributed by atoms with E-state index >= 15 is 0 Å². The van der Waals surface area contributed by atoms with E-state index in [1.807, 2.05) is 0 Å². The van der Waals surface area contributed by atoms with Crippen LogP contribution in [0.4, 0.5) is 23.2 Å². The first-order valence-electron chi connectivity index (χ1n) is 11.6. The number of anilines is 1. The number of sulfonamides is 1. The molecule has 6 nitrogen and oxygen atoms in total. The number of alkyl halides is 3. The Morgan fingerprint density at radius 1 is 1.08 bits per heavy atom. The highest BCUT2D eigenvalue weighted by atomic mass is 32.2. The smallest absolute Gasteiger partial charge is 0.417 e. The number of carbonyl (C=O) groups is 1. The van der Waals surface area contributed by atoms with Crippen LogP contribution in [-0.2, 0) is 21.0 Å². The Balaban J connectivity index is 1.89. The Morgan fingerprint density at radius 2 is 1.76 bits per heavy atom. The molecule has 1 N–H and O–H groups in total. The zero-order valence-electron chi connectivity index (χ0n) is 20.7. The lowest BCUT2D eigenvalue weighted by Crippen LogP contribution is -2.46. The topological polar surface area (TPSA) is 83.9 Å². The van der Waals surface area contributed by atoms with Crippen molar-refractivity contribution in [2.75, 3.05) is 10.8 Å². The number of carboxylic acid groups (broad SMARTS) is 1. The summed E-state index contributed by atoms with van der Waals surface area (Å²) in [5.41, 5.74) is -2.78. The van der Waals surface area contributed by atoms with Gasteiger partial charge in [0.05, 0.1) is 28.1 Å². The Kier molecular flexibility index (Phi) is 6.94. The average molecular weight is 552 g/mol. The molecule has 0 bridgehead atoms. The summed E-state index contributed by atoms with van der Waals surface area (Å²) in [6.45, 7) is 4.37. The molecule has 0 amide bonds. The summed E-state index contributed by atoms with van der Waals surface area (Å²) in [7, 11) is -4.26. The number of fused-ring (bicyclic) bond motifs is 1. The van der Waals surface area contributed by atoms with E-state index in [-0.39, 0.29) is 34.9 Å². The zero-order valence-corrected chi connectivity index (χ0v) is 21.5. The Labute approximate surface area is 217 Å². The van der Waals surface area contributed by atoms with Gasteiger partial charge in [-0.15, -0.1) is 0 Å². The van der Waals surface area contributed by atoms with E-state index in [0.29, 0.717) is 5.56 Å². The fraction of sp³-hybridized carbons (Fsp3) is 0.296. The summed E-state index contributed by atoms with van der Waals surface area (Å²) in [6.07, 6.45) is -5.78. The third-order valence-corrected chi connectivity index (χ3v) is 8.17. The first kappa shape index (κ1) is 27.4. The molecule has 0 saturated carbocycles. The molecule has 3 aromatic rings. The maximum Gasteiger partial charge on any atom is 0.417 e. The van der Waals surface area contributed by atoms with Gasteiger partial charge in [-0.2, -0.15) is 13.2 Å². The van der Waals surface area contributed by atoms with Crippen LogP contribution < -0.4 is 9.04 Å². The largest absolute Gasteiger partial charge is 0.486 e. The minimum absolute atomic E-state index is 0.0207. The predicted octanol–water partition coefficient (Wildman–Crippen LogP) is 6.28. The van der Waals surface area contributed by atoms with Crippen LogP contribution in [-0.4, -0.2) is 32.1 Å². The molecule has 4 rings (SSSR count). The van der Waals surface area contributed by atoms with Gasteiger partial charge in [0.2, 0.25) is 0 Å². The van der Waals surface area contributed by atoms with Crippen molar-refractivity contribution in [2.45, 2.75) is 44.4 Å². The average Bonchev–Trinajstić information content (AvgIpc) is 2.82. The number of ether oxygens (including phenoxy) is 1. The van der Waals surface area contributed by atoms with Gasteiger partial charge in [-0.05, 0) is 68.3 Å². The van der Waals surface area contributed by atoms with E-state index in [1.54, 1.807) is 19.1 Å². The van der Waals surface area contributed by atoms with E-state index in [1.165, 1.54) is 38.1 Å². The second-order valence-electron chi connectivity index (χ2n) is 9.83. The maximum atomic E-state index is 14.7. The molecular weight excluding hydrogens is 526 g/mol. The third kappa shape index (κ3) is 5.20. The Bertz CT molecular complexity index is 1500. The Morgan fingerprint density at radius 3 is 2.39 bits per heavy atom. The molecule has 0 aliphatic carbocycles. The van der Waals surface area contributed by atoms with E-state index in [0.717, 1.165) is 28.6 Å². The Hall–Kier alpha value is -3.60. The van der Waals surface area contributed by atoms with Gasteiger partial charge < -0.3 is 9.84 Å². The first-order chi connectivity index (χ1) is 17.6. The zero-order chi connectivity index (χ0) is 28.0. The van der Waals surface area contributed by atoms with Gasteiger partial charge in [-0.3, -0.25) is 9.10 Å². The molecule has 202 valence electrons. The number of benzene rings is 3. The van der Waals surface area contributed by atoms with Gasteiger partial charge in [0.1, 0.15) is 17.7 Å². The summed E-state index contributed by atoms with van der Waals surface area (Å²) in [5.74, 6) is -2.20. The van der Waals surface area contributed by atoms with Gasteiger partial charge in [-0.25, -0.2) is 12.8 Å². The number of aliphatic carboxylic acids is 1. The number of hydrogen-bond donors (Lipinski definition) is 1. The molecule has 11 heteroatoms. The number of aryl methyl sites for hydroxylation is 1. The fourth-order valence-electron chi connectivity index (χ4n) is 4.41. The van der Waals surface area contributed by atoms with Gasteiger partial charge in [-0.1, -0.05) is 24.3 Å². The molecular formula is C27H25F4NO5S. The van der Waals surface area contributed by atoms with Crippen molar-refractivity contribution in [1.82, 2.24) is 0 Å². The van der Waals surface area contributed by atoms with Crippen LogP contribution in [0.15, 0.2) is 65.6 Å². The molecule has 0 radical (unpaired) electrons. The van der Waals surface area contributed by atoms with Crippen molar-refractivity contribution in [3.8, 4) is 16.9 Å². The van der Waals surface area contributed by atoms with Gasteiger partial charge >= 0.3 is 12.1 Å². The molecule has 0 unspecified atom stereocenters. The highest BCUT2D eigenvalue weighted by Gasteiger charge is 2.40. The molecule has 0 fully saturated rings. The molecule has 0 aromatic heterocycles. The normalized spacial score (nSPS) is 16.1. The predicted molar refractivity (Wildman–Crippen MR) is 133 cm³/mol. The van der Waals surface area contributed by atoms with Crippen LogP contribution in [0.25, 0.3) is 11.1 Å². The lowest BCUT2D eigenvalue weighted by molar-refractivity contribution is -0.148. The highest BCUT2D eigenvalue weighted by molar-refractivity contribution is 7.92. The number of hydrogen-bond acceptors (Lipinski definition) is 4. The standard InChI is InChI=1S/C27H25F4NO5S/c1-16-6-4-7-19(12-16)38(35,36)32-15-18(14-26(2,3)25(33)34)37-23-11-10-17(13-22(23)32)24-20(27(29,30)31)8-5-9-21(24)28/h4-13,18H,14-15H2,1-3H3,(H,33,34)/t18-/m0/s1.